The molecule has 0 bridgehead atoms. The summed E-state index contributed by atoms with van der Waals surface area (Å²) >= 11 is 7.78. The number of rotatable bonds is 8. The van der Waals surface area contributed by atoms with Crippen molar-refractivity contribution in [1.82, 2.24) is 25.1 Å². The maximum atomic E-state index is 12.0. The van der Waals surface area contributed by atoms with Crippen LogP contribution in [-0.4, -0.2) is 36.9 Å². The van der Waals surface area contributed by atoms with Crippen molar-refractivity contribution in [2.45, 2.75) is 57.3 Å². The van der Waals surface area contributed by atoms with Crippen LogP contribution in [-0.2, 0) is 11.3 Å². The molecule has 6 nitrogen and oxygen atoms in total. The molecule has 0 saturated heterocycles. The molecule has 172 valence electrons. The molecule has 1 N–H and O–H groups in total. The number of amides is 1. The lowest BCUT2D eigenvalue weighted by Crippen LogP contribution is -2.40. The Kier molecular flexibility index (Phi) is 7.20. The highest BCUT2D eigenvalue weighted by atomic mass is 35.5. The Morgan fingerprint density at radius 1 is 1.09 bits per heavy atom. The Balaban J connectivity index is 1.48. The third kappa shape index (κ3) is 6.03. The zero-order valence-electron chi connectivity index (χ0n) is 19.1. The number of aromatic nitrogens is 4. The van der Waals surface area contributed by atoms with Crippen molar-refractivity contribution in [3.63, 3.8) is 0 Å². The van der Waals surface area contributed by atoms with E-state index in [9.17, 15) is 4.79 Å². The van der Waals surface area contributed by atoms with E-state index in [0.29, 0.717) is 23.1 Å². The number of thioether (sulfide) groups is 1. The molecule has 0 atom stereocenters. The average molecular weight is 482 g/mol. The van der Waals surface area contributed by atoms with Crippen LogP contribution >= 0.6 is 23.4 Å². The van der Waals surface area contributed by atoms with Gasteiger partial charge in [-0.05, 0) is 57.4 Å². The summed E-state index contributed by atoms with van der Waals surface area (Å²) in [7, 11) is 0. The molecule has 0 fully saturated rings. The number of hydrogen-bond acceptors (Lipinski definition) is 5. The highest BCUT2D eigenvalue weighted by Gasteiger charge is 2.16. The van der Waals surface area contributed by atoms with Crippen LogP contribution in [0.25, 0.3) is 22.1 Å². The fourth-order valence-corrected chi connectivity index (χ4v) is 4.75. The van der Waals surface area contributed by atoms with Gasteiger partial charge in [0.05, 0.1) is 5.52 Å². The van der Waals surface area contributed by atoms with Gasteiger partial charge in [-0.25, -0.2) is 4.98 Å². The quantitative estimate of drug-likeness (QED) is 0.252. The minimum atomic E-state index is -0.190. The van der Waals surface area contributed by atoms with Crippen molar-refractivity contribution >= 4 is 51.3 Å². The molecule has 2 aromatic heterocycles. The zero-order valence-corrected chi connectivity index (χ0v) is 20.7. The number of unbranched alkanes of at least 4 members (excludes halogenated alkanes) is 1. The highest BCUT2D eigenvalue weighted by molar-refractivity contribution is 7.99. The number of carbonyl (C=O) groups excluding carboxylic acids is 1. The Morgan fingerprint density at radius 3 is 2.70 bits per heavy atom. The predicted octanol–water partition coefficient (Wildman–Crippen LogP) is 5.86. The number of nitrogens with zero attached hydrogens (tertiary/aromatic N) is 4. The molecule has 4 rings (SSSR count). The maximum Gasteiger partial charge on any atom is 0.220 e. The number of hydrogen-bond donors (Lipinski definition) is 1. The smallest absolute Gasteiger partial charge is 0.220 e. The van der Waals surface area contributed by atoms with E-state index >= 15 is 0 Å². The van der Waals surface area contributed by atoms with E-state index in [2.05, 4.69) is 38.3 Å². The largest absolute Gasteiger partial charge is 0.352 e. The molecule has 0 aliphatic heterocycles. The number of halogens is 1. The van der Waals surface area contributed by atoms with E-state index in [4.69, 9.17) is 16.6 Å². The first-order valence-electron chi connectivity index (χ1n) is 11.1. The van der Waals surface area contributed by atoms with Crippen LogP contribution < -0.4 is 5.32 Å². The lowest BCUT2D eigenvalue weighted by atomic mass is 10.1. The van der Waals surface area contributed by atoms with Crippen molar-refractivity contribution in [2.24, 2.45) is 0 Å². The monoisotopic (exact) mass is 481 g/mol. The van der Waals surface area contributed by atoms with Crippen LogP contribution in [0.4, 0.5) is 0 Å². The van der Waals surface area contributed by atoms with E-state index in [1.165, 1.54) is 0 Å². The van der Waals surface area contributed by atoms with Gasteiger partial charge in [-0.2, -0.15) is 0 Å². The van der Waals surface area contributed by atoms with E-state index in [0.717, 1.165) is 46.2 Å². The van der Waals surface area contributed by atoms with Crippen LogP contribution in [0.15, 0.2) is 53.7 Å². The number of benzene rings is 2. The summed E-state index contributed by atoms with van der Waals surface area (Å²) in [5.41, 5.74) is 3.60. The van der Waals surface area contributed by atoms with Gasteiger partial charge in [0, 0.05) is 34.7 Å². The van der Waals surface area contributed by atoms with Gasteiger partial charge in [0.2, 0.25) is 11.1 Å². The van der Waals surface area contributed by atoms with Crippen molar-refractivity contribution in [1.29, 1.82) is 0 Å². The van der Waals surface area contributed by atoms with Crippen LogP contribution in [0.1, 0.15) is 45.6 Å². The normalized spacial score (nSPS) is 11.9. The number of fused-ring (bicyclic) bond motifs is 3. The second kappa shape index (κ2) is 10.1. The van der Waals surface area contributed by atoms with Gasteiger partial charge in [-0.15, -0.1) is 10.2 Å². The predicted molar refractivity (Wildman–Crippen MR) is 136 cm³/mol. The van der Waals surface area contributed by atoms with E-state index in [-0.39, 0.29) is 11.4 Å². The molecule has 0 spiro atoms. The number of para-hydroxylation sites is 1. The first kappa shape index (κ1) is 23.5. The van der Waals surface area contributed by atoms with Gasteiger partial charge in [0.1, 0.15) is 5.52 Å². The SMILES string of the molecule is CC(C)(C)NC(=O)CCCCSc1nnc2c3ccccc3n(Cc3cccc(Cl)c3)c2n1. The third-order valence-corrected chi connectivity index (χ3v) is 6.29. The summed E-state index contributed by atoms with van der Waals surface area (Å²) in [5.74, 6) is 0.933. The van der Waals surface area contributed by atoms with Crippen LogP contribution in [0.3, 0.4) is 0 Å². The van der Waals surface area contributed by atoms with Gasteiger partial charge in [-0.1, -0.05) is 53.7 Å². The van der Waals surface area contributed by atoms with E-state index < -0.39 is 0 Å². The molecule has 0 radical (unpaired) electrons. The topological polar surface area (TPSA) is 72.7 Å². The number of nitrogens with one attached hydrogen (secondary N) is 1. The first-order valence-corrected chi connectivity index (χ1v) is 12.5. The third-order valence-electron chi connectivity index (χ3n) is 5.13. The lowest BCUT2D eigenvalue weighted by molar-refractivity contribution is -0.122. The van der Waals surface area contributed by atoms with Crippen LogP contribution in [0, 0.1) is 0 Å². The van der Waals surface area contributed by atoms with Gasteiger partial charge < -0.3 is 9.88 Å². The standard InChI is InChI=1S/C25H28ClN5OS/c1-25(2,3)28-21(32)13-6-7-14-33-24-27-23-22(29-30-24)19-11-4-5-12-20(19)31(23)16-17-9-8-10-18(26)15-17/h4-5,8-12,15H,6-7,13-14,16H2,1-3H3,(H,28,32). The second-order valence-electron chi connectivity index (χ2n) is 9.10. The molecule has 0 saturated carbocycles. The Bertz CT molecular complexity index is 1280. The van der Waals surface area contributed by atoms with Crippen molar-refractivity contribution in [2.75, 3.05) is 5.75 Å². The summed E-state index contributed by atoms with van der Waals surface area (Å²) in [6, 6.07) is 16.0. The van der Waals surface area contributed by atoms with E-state index in [1.807, 2.05) is 51.1 Å². The molecule has 4 aromatic rings. The summed E-state index contributed by atoms with van der Waals surface area (Å²) < 4.78 is 2.17. The Labute approximate surface area is 203 Å². The van der Waals surface area contributed by atoms with Gasteiger partial charge >= 0.3 is 0 Å². The maximum absolute atomic E-state index is 12.0. The van der Waals surface area contributed by atoms with Crippen LogP contribution in [0.2, 0.25) is 5.02 Å². The molecular weight excluding hydrogens is 454 g/mol. The van der Waals surface area contributed by atoms with E-state index in [1.54, 1.807) is 11.8 Å². The second-order valence-corrected chi connectivity index (χ2v) is 10.6. The lowest BCUT2D eigenvalue weighted by Gasteiger charge is -2.20. The van der Waals surface area contributed by atoms with Crippen LogP contribution in [0.5, 0.6) is 0 Å². The minimum Gasteiger partial charge on any atom is -0.352 e. The molecule has 2 heterocycles. The van der Waals surface area contributed by atoms with Gasteiger partial charge in [-0.3, -0.25) is 4.79 Å². The molecule has 1 amide bonds. The fourth-order valence-electron chi connectivity index (χ4n) is 3.76. The highest BCUT2D eigenvalue weighted by Crippen LogP contribution is 2.28. The Hall–Kier alpha value is -2.64. The van der Waals surface area contributed by atoms with Gasteiger partial charge in [0.15, 0.2) is 5.65 Å². The molecule has 33 heavy (non-hydrogen) atoms. The molecule has 0 unspecified atom stereocenters. The first-order chi connectivity index (χ1) is 15.8. The summed E-state index contributed by atoms with van der Waals surface area (Å²) in [6.45, 7) is 6.63. The average Bonchev–Trinajstić information content (AvgIpc) is 3.05. The van der Waals surface area contributed by atoms with Crippen molar-refractivity contribution in [3.8, 4) is 0 Å². The fraction of sp³-hybridized carbons (Fsp3) is 0.360. The van der Waals surface area contributed by atoms with Crippen molar-refractivity contribution < 1.29 is 4.79 Å². The molecule has 0 aliphatic rings. The number of carbonyl (C=O) groups is 1. The summed E-state index contributed by atoms with van der Waals surface area (Å²) in [4.78, 5) is 16.8. The summed E-state index contributed by atoms with van der Waals surface area (Å²) in [5, 5.41) is 14.3. The molecule has 0 aliphatic carbocycles. The van der Waals surface area contributed by atoms with Crippen molar-refractivity contribution in [3.05, 3.63) is 59.1 Å². The zero-order chi connectivity index (χ0) is 23.4. The van der Waals surface area contributed by atoms with Gasteiger partial charge in [0.25, 0.3) is 0 Å². The molecule has 8 heteroatoms. The Morgan fingerprint density at radius 2 is 1.91 bits per heavy atom. The minimum absolute atomic E-state index is 0.0948. The molecular formula is C25H28ClN5OS. The summed E-state index contributed by atoms with van der Waals surface area (Å²) in [6.07, 6.45) is 2.28. The molecule has 2 aromatic carbocycles.